The van der Waals surface area contributed by atoms with E-state index in [0.29, 0.717) is 0 Å². The first-order valence-corrected chi connectivity index (χ1v) is 0.651. The topological polar surface area (TPSA) is 57.5 Å². The molecule has 3 nitrogen and oxygen atoms in total. The fraction of sp³-hybridized carbons (Fsp3) is 0. The van der Waals surface area contributed by atoms with Gasteiger partial charge in [0, 0.05) is 0 Å². The van der Waals surface area contributed by atoms with Crippen molar-refractivity contribution in [2.75, 3.05) is 0 Å². The number of carbonyl (C=O) groups is 1. The van der Waals surface area contributed by atoms with Crippen LogP contribution in [0.5, 0.6) is 0 Å². The summed E-state index contributed by atoms with van der Waals surface area (Å²) in [6, 6.07) is 0. The van der Waals surface area contributed by atoms with E-state index >= 15 is 0 Å². The van der Waals surface area contributed by atoms with Crippen molar-refractivity contribution in [1.82, 2.24) is 0 Å². The van der Waals surface area contributed by atoms with Gasteiger partial charge in [-0.05, 0) is 0 Å². The molecule has 0 fully saturated rings. The minimum absolute atomic E-state index is 0. The van der Waals surface area contributed by atoms with E-state index in [4.69, 9.17) is 15.0 Å². The molecular weight excluding hydrogens is 99.1 g/mol. The van der Waals surface area contributed by atoms with Crippen LogP contribution in [0, 0.1) is 0 Å². The summed E-state index contributed by atoms with van der Waals surface area (Å²) in [4.78, 5) is 8.56. The summed E-state index contributed by atoms with van der Waals surface area (Å²) in [5, 5.41) is 13.9. The Kier molecular flexibility index (Phi) is 9.14. The van der Waals surface area contributed by atoms with Crippen LogP contribution in [0.4, 0.5) is 4.79 Å². The molecule has 0 aliphatic rings. The van der Waals surface area contributed by atoms with Crippen LogP contribution in [0.15, 0.2) is 0 Å². The van der Waals surface area contributed by atoms with E-state index in [1.54, 1.807) is 0 Å². The molecule has 0 atom stereocenters. The molecule has 24 valence electrons. The van der Waals surface area contributed by atoms with E-state index in [-0.39, 0.29) is 51.4 Å². The molecule has 0 saturated carbocycles. The first kappa shape index (κ1) is 9.32. The van der Waals surface area contributed by atoms with Gasteiger partial charge in [0.25, 0.3) is 0 Å². The number of hydrogen-bond donors (Lipinski definition) is 2. The quantitative estimate of drug-likeness (QED) is 0.325. The third-order valence-electron chi connectivity index (χ3n) is 0. The maximum Gasteiger partial charge on any atom is 1.00 e. The molecule has 0 aromatic heterocycles. The molecule has 2 N–H and O–H groups in total. The fourth-order valence-corrected chi connectivity index (χ4v) is 0. The van der Waals surface area contributed by atoms with Gasteiger partial charge in [0.15, 0.2) is 0 Å². The fourth-order valence-electron chi connectivity index (χ4n) is 0. The van der Waals surface area contributed by atoms with Crippen molar-refractivity contribution in [3.63, 3.8) is 0 Å². The molecule has 0 aliphatic heterocycles. The van der Waals surface area contributed by atoms with Gasteiger partial charge >= 0.3 is 57.5 Å². The van der Waals surface area contributed by atoms with Crippen LogP contribution in [0.1, 0.15) is 0 Å². The van der Waals surface area contributed by atoms with E-state index < -0.39 is 6.16 Å². The zero-order valence-corrected chi connectivity index (χ0v) is 5.93. The predicted octanol–water partition coefficient (Wildman–Crippen LogP) is -2.77. The van der Waals surface area contributed by atoms with Crippen molar-refractivity contribution in [2.24, 2.45) is 0 Å². The molecule has 0 aromatic rings. The standard InChI is InChI=1S/CH2O3.K/c2-1(3)4;/h(H2,2,3,4);/q;+1. The zero-order valence-electron chi connectivity index (χ0n) is 2.80. The summed E-state index contributed by atoms with van der Waals surface area (Å²) in [5.74, 6) is 0. The average molecular weight is 101 g/mol. The summed E-state index contributed by atoms with van der Waals surface area (Å²) in [6.07, 6.45) is -1.83. The second kappa shape index (κ2) is 4.91. The van der Waals surface area contributed by atoms with Crippen LogP contribution in [0.25, 0.3) is 0 Å². The van der Waals surface area contributed by atoms with Crippen molar-refractivity contribution in [2.45, 2.75) is 0 Å². The molecule has 0 radical (unpaired) electrons. The minimum Gasteiger partial charge on any atom is -0.450 e. The van der Waals surface area contributed by atoms with Crippen molar-refractivity contribution >= 4 is 6.16 Å². The van der Waals surface area contributed by atoms with Crippen LogP contribution < -0.4 is 51.4 Å². The first-order chi connectivity index (χ1) is 1.73. The maximum atomic E-state index is 8.56. The molecule has 0 spiro atoms. The Bertz CT molecular complexity index is 29.9. The maximum absolute atomic E-state index is 8.56. The predicted molar refractivity (Wildman–Crippen MR) is 10.7 cm³/mol. The van der Waals surface area contributed by atoms with E-state index in [0.717, 1.165) is 0 Å². The van der Waals surface area contributed by atoms with Gasteiger partial charge in [-0.3, -0.25) is 0 Å². The zero-order chi connectivity index (χ0) is 3.58. The van der Waals surface area contributed by atoms with Crippen LogP contribution in [0.2, 0.25) is 0 Å². The van der Waals surface area contributed by atoms with E-state index in [1.807, 2.05) is 0 Å². The Morgan fingerprint density at radius 1 is 1.40 bits per heavy atom. The van der Waals surface area contributed by atoms with Crippen LogP contribution in [-0.2, 0) is 0 Å². The van der Waals surface area contributed by atoms with Gasteiger partial charge in [-0.1, -0.05) is 0 Å². The summed E-state index contributed by atoms with van der Waals surface area (Å²) >= 11 is 0. The largest absolute Gasteiger partial charge is 1.00 e. The SMILES string of the molecule is O=C(O)O.[K+]. The van der Waals surface area contributed by atoms with Gasteiger partial charge in [0.05, 0.1) is 0 Å². The van der Waals surface area contributed by atoms with Crippen LogP contribution in [-0.4, -0.2) is 16.4 Å². The van der Waals surface area contributed by atoms with Crippen LogP contribution >= 0.6 is 0 Å². The van der Waals surface area contributed by atoms with Crippen LogP contribution in [0.3, 0.4) is 0 Å². The van der Waals surface area contributed by atoms with Crippen molar-refractivity contribution in [1.29, 1.82) is 0 Å². The van der Waals surface area contributed by atoms with Crippen molar-refractivity contribution in [3.05, 3.63) is 0 Å². The van der Waals surface area contributed by atoms with E-state index in [9.17, 15) is 0 Å². The summed E-state index contributed by atoms with van der Waals surface area (Å²) in [5.41, 5.74) is 0. The Morgan fingerprint density at radius 3 is 1.40 bits per heavy atom. The Morgan fingerprint density at radius 2 is 1.40 bits per heavy atom. The molecule has 0 aromatic carbocycles. The minimum atomic E-state index is -1.83. The molecule has 0 saturated heterocycles. The number of rotatable bonds is 0. The molecule has 0 heterocycles. The smallest absolute Gasteiger partial charge is 0.450 e. The van der Waals surface area contributed by atoms with Gasteiger partial charge < -0.3 is 10.2 Å². The molecule has 0 bridgehead atoms. The second-order valence-corrected chi connectivity index (χ2v) is 0.283. The second-order valence-electron chi connectivity index (χ2n) is 0.283. The number of carboxylic acid groups (broad SMARTS) is 2. The Hall–Kier alpha value is 0.906. The Balaban J connectivity index is 0. The van der Waals surface area contributed by atoms with Gasteiger partial charge in [-0.15, -0.1) is 0 Å². The molecule has 4 heteroatoms. The van der Waals surface area contributed by atoms with Gasteiger partial charge in [-0.2, -0.15) is 0 Å². The summed E-state index contributed by atoms with van der Waals surface area (Å²) in [6.45, 7) is 0. The van der Waals surface area contributed by atoms with Gasteiger partial charge in [0.1, 0.15) is 0 Å². The van der Waals surface area contributed by atoms with E-state index in [2.05, 4.69) is 0 Å². The molecule has 0 amide bonds. The first-order valence-electron chi connectivity index (χ1n) is 0.651. The normalized spacial score (nSPS) is 4.80. The average Bonchev–Trinajstić information content (AvgIpc) is 0.811. The third-order valence-corrected chi connectivity index (χ3v) is 0. The molecule has 0 aliphatic carbocycles. The van der Waals surface area contributed by atoms with E-state index in [1.165, 1.54) is 0 Å². The summed E-state index contributed by atoms with van der Waals surface area (Å²) in [7, 11) is 0. The molecule has 0 rings (SSSR count). The molecule has 0 unspecified atom stereocenters. The Labute approximate surface area is 71.4 Å². The van der Waals surface area contributed by atoms with Crippen molar-refractivity contribution < 1.29 is 66.4 Å². The monoisotopic (exact) mass is 101 g/mol. The third kappa shape index (κ3) is 50.4. The van der Waals surface area contributed by atoms with Gasteiger partial charge in [0.2, 0.25) is 0 Å². The summed E-state index contributed by atoms with van der Waals surface area (Å²) < 4.78 is 0. The molecule has 5 heavy (non-hydrogen) atoms. The van der Waals surface area contributed by atoms with Gasteiger partial charge in [-0.25, -0.2) is 4.79 Å². The molecular formula is CH2KO3+. The van der Waals surface area contributed by atoms with Crippen molar-refractivity contribution in [3.8, 4) is 0 Å². The number of hydrogen-bond acceptors (Lipinski definition) is 1.